The second-order valence-corrected chi connectivity index (χ2v) is 3.70. The summed E-state index contributed by atoms with van der Waals surface area (Å²) in [4.78, 5) is 23.7. The van der Waals surface area contributed by atoms with Gasteiger partial charge in [0.1, 0.15) is 0 Å². The van der Waals surface area contributed by atoms with Gasteiger partial charge in [-0.1, -0.05) is 12.1 Å². The van der Waals surface area contributed by atoms with Crippen LogP contribution >= 0.6 is 0 Å². The van der Waals surface area contributed by atoms with E-state index in [0.717, 1.165) is 0 Å². The van der Waals surface area contributed by atoms with Crippen LogP contribution in [0, 0.1) is 10.1 Å². The summed E-state index contributed by atoms with van der Waals surface area (Å²) >= 11 is 0. The first-order valence-corrected chi connectivity index (χ1v) is 5.29. The van der Waals surface area contributed by atoms with Crippen LogP contribution in [0.25, 0.3) is 0 Å². The number of rotatable bonds is 4. The first kappa shape index (κ1) is 11.8. The maximum absolute atomic E-state index is 11.9. The third-order valence-corrected chi connectivity index (χ3v) is 2.43. The van der Waals surface area contributed by atoms with Crippen molar-refractivity contribution in [2.45, 2.75) is 0 Å². The first-order chi connectivity index (χ1) is 8.66. The number of non-ortho nitro benzene ring substituents is 1. The molecule has 92 valence electrons. The maximum Gasteiger partial charge on any atom is 0.270 e. The van der Waals surface area contributed by atoms with Gasteiger partial charge in [-0.05, 0) is 0 Å². The average Bonchev–Trinajstić information content (AvgIpc) is 2.40. The van der Waals surface area contributed by atoms with Crippen molar-refractivity contribution in [2.75, 3.05) is 6.54 Å². The molecule has 1 heterocycles. The zero-order valence-corrected chi connectivity index (χ0v) is 9.45. The Morgan fingerprint density at radius 3 is 2.72 bits per heavy atom. The van der Waals surface area contributed by atoms with Crippen molar-refractivity contribution < 1.29 is 9.72 Å². The van der Waals surface area contributed by atoms with Crippen molar-refractivity contribution in [3.05, 3.63) is 64.7 Å². The predicted octanol–water partition coefficient (Wildman–Crippen LogP) is 1.63. The molecule has 0 aromatic heterocycles. The normalized spacial score (nSPS) is 13.2. The molecule has 0 saturated heterocycles. The lowest BCUT2D eigenvalue weighted by atomic mass is 10.1. The van der Waals surface area contributed by atoms with Crippen molar-refractivity contribution in [3.63, 3.8) is 0 Å². The van der Waals surface area contributed by atoms with Gasteiger partial charge in [0.05, 0.1) is 11.5 Å². The van der Waals surface area contributed by atoms with E-state index in [-0.39, 0.29) is 18.0 Å². The third kappa shape index (κ3) is 2.73. The van der Waals surface area contributed by atoms with Crippen LogP contribution in [0.15, 0.2) is 49.1 Å². The van der Waals surface area contributed by atoms with Gasteiger partial charge in [-0.25, -0.2) is 0 Å². The Morgan fingerprint density at radius 2 is 2.06 bits per heavy atom. The molecular weight excluding hydrogens is 234 g/mol. The van der Waals surface area contributed by atoms with E-state index >= 15 is 0 Å². The molecule has 1 aromatic rings. The van der Waals surface area contributed by atoms with Crippen LogP contribution in [-0.2, 0) is 0 Å². The Morgan fingerprint density at radius 1 is 1.33 bits per heavy atom. The van der Waals surface area contributed by atoms with Crippen LogP contribution in [0.1, 0.15) is 10.4 Å². The quantitative estimate of drug-likeness (QED) is 0.495. The number of hydrogen-bond donors (Lipinski definition) is 1. The van der Waals surface area contributed by atoms with Gasteiger partial charge in [0.2, 0.25) is 0 Å². The zero-order chi connectivity index (χ0) is 13.0. The molecule has 1 aliphatic heterocycles. The molecule has 0 spiro atoms. The highest BCUT2D eigenvalue weighted by Gasteiger charge is 2.13. The number of Topliss-reactive ketones (excluding diaryl/α,β-unsaturated/α-hetero) is 1. The Hall–Kier alpha value is -2.63. The fourth-order valence-electron chi connectivity index (χ4n) is 1.54. The van der Waals surface area contributed by atoms with Gasteiger partial charge in [0, 0.05) is 42.5 Å². The summed E-state index contributed by atoms with van der Waals surface area (Å²) in [5.41, 5.74) is 0.261. The second kappa shape index (κ2) is 5.13. The van der Waals surface area contributed by atoms with Gasteiger partial charge in [-0.2, -0.15) is 0 Å². The highest BCUT2D eigenvalue weighted by Crippen LogP contribution is 2.14. The monoisotopic (exact) mass is 245 g/mol. The standard InChI is InChI=1S/C12H11N3O3/c16-12(9-14-6-4-13-5-7-14)10-2-1-3-11(8-10)15(17)18/h1-8,13H,9H2. The molecule has 0 radical (unpaired) electrons. The van der Waals surface area contributed by atoms with E-state index in [1.807, 2.05) is 0 Å². The maximum atomic E-state index is 11.9. The predicted molar refractivity (Wildman–Crippen MR) is 65.5 cm³/mol. The molecule has 2 rings (SSSR count). The highest BCUT2D eigenvalue weighted by atomic mass is 16.6. The number of hydrogen-bond acceptors (Lipinski definition) is 5. The summed E-state index contributed by atoms with van der Waals surface area (Å²) in [5, 5.41) is 13.5. The van der Waals surface area contributed by atoms with Crippen LogP contribution in [0.3, 0.4) is 0 Å². The fourth-order valence-corrected chi connectivity index (χ4v) is 1.54. The Balaban J connectivity index is 2.11. The molecule has 1 N–H and O–H groups in total. The molecule has 0 bridgehead atoms. The molecule has 6 heteroatoms. The molecule has 0 saturated carbocycles. The largest absolute Gasteiger partial charge is 0.365 e. The van der Waals surface area contributed by atoms with E-state index in [2.05, 4.69) is 5.32 Å². The minimum atomic E-state index is -0.513. The van der Waals surface area contributed by atoms with E-state index in [1.165, 1.54) is 18.2 Å². The Bertz CT molecular complexity index is 525. The number of nitro groups is 1. The van der Waals surface area contributed by atoms with Gasteiger partial charge >= 0.3 is 0 Å². The van der Waals surface area contributed by atoms with Crippen LogP contribution < -0.4 is 5.32 Å². The van der Waals surface area contributed by atoms with E-state index in [1.54, 1.807) is 35.8 Å². The minimum Gasteiger partial charge on any atom is -0.365 e. The zero-order valence-electron chi connectivity index (χ0n) is 9.45. The SMILES string of the molecule is O=C(CN1C=CNC=C1)c1cccc([N+](=O)[O-])c1. The molecule has 0 fully saturated rings. The summed E-state index contributed by atoms with van der Waals surface area (Å²) in [6, 6.07) is 5.74. The second-order valence-electron chi connectivity index (χ2n) is 3.70. The Kier molecular flexibility index (Phi) is 3.38. The first-order valence-electron chi connectivity index (χ1n) is 5.29. The van der Waals surface area contributed by atoms with Gasteiger partial charge in [0.25, 0.3) is 5.69 Å². The van der Waals surface area contributed by atoms with Crippen LogP contribution in [0.2, 0.25) is 0 Å². The molecule has 1 aliphatic rings. The molecule has 18 heavy (non-hydrogen) atoms. The summed E-state index contributed by atoms with van der Waals surface area (Å²) in [7, 11) is 0. The van der Waals surface area contributed by atoms with E-state index < -0.39 is 4.92 Å². The highest BCUT2D eigenvalue weighted by molar-refractivity contribution is 5.98. The number of carbonyl (C=O) groups is 1. The number of carbonyl (C=O) groups excluding carboxylic acids is 1. The van der Waals surface area contributed by atoms with Crippen molar-refractivity contribution in [3.8, 4) is 0 Å². The van der Waals surface area contributed by atoms with Gasteiger partial charge in [0.15, 0.2) is 5.78 Å². The van der Waals surface area contributed by atoms with Gasteiger partial charge < -0.3 is 10.2 Å². The van der Waals surface area contributed by atoms with Crippen LogP contribution in [-0.4, -0.2) is 22.2 Å². The lowest BCUT2D eigenvalue weighted by molar-refractivity contribution is -0.384. The van der Waals surface area contributed by atoms with Crippen LogP contribution in [0.4, 0.5) is 5.69 Å². The third-order valence-electron chi connectivity index (χ3n) is 2.43. The molecular formula is C12H11N3O3. The minimum absolute atomic E-state index is 0.0766. The number of nitrogens with zero attached hydrogens (tertiary/aromatic N) is 2. The lowest BCUT2D eigenvalue weighted by Gasteiger charge is -2.17. The number of nitro benzene ring substituents is 1. The molecule has 0 atom stereocenters. The Labute approximate surface area is 103 Å². The van der Waals surface area contributed by atoms with E-state index in [9.17, 15) is 14.9 Å². The van der Waals surface area contributed by atoms with Crippen LogP contribution in [0.5, 0.6) is 0 Å². The summed E-state index contributed by atoms with van der Waals surface area (Å²) < 4.78 is 0. The molecule has 0 unspecified atom stereocenters. The number of benzene rings is 1. The number of nitrogens with one attached hydrogen (secondary N) is 1. The molecule has 6 nitrogen and oxygen atoms in total. The van der Waals surface area contributed by atoms with Crippen molar-refractivity contribution in [1.29, 1.82) is 0 Å². The van der Waals surface area contributed by atoms with Gasteiger partial charge in [-0.3, -0.25) is 14.9 Å². The molecule has 1 aromatic carbocycles. The number of ketones is 1. The lowest BCUT2D eigenvalue weighted by Crippen LogP contribution is -2.23. The summed E-state index contributed by atoms with van der Waals surface area (Å²) in [6.07, 6.45) is 6.83. The molecule has 0 aliphatic carbocycles. The van der Waals surface area contributed by atoms with Gasteiger partial charge in [-0.15, -0.1) is 0 Å². The smallest absolute Gasteiger partial charge is 0.270 e. The van der Waals surface area contributed by atoms with Crippen molar-refractivity contribution in [2.24, 2.45) is 0 Å². The fraction of sp³-hybridized carbons (Fsp3) is 0.0833. The summed E-state index contributed by atoms with van der Waals surface area (Å²) in [6.45, 7) is 0.149. The summed E-state index contributed by atoms with van der Waals surface area (Å²) in [5.74, 6) is -0.171. The molecule has 0 amide bonds. The van der Waals surface area contributed by atoms with Crippen molar-refractivity contribution in [1.82, 2.24) is 10.2 Å². The van der Waals surface area contributed by atoms with Crippen molar-refractivity contribution >= 4 is 11.5 Å². The van der Waals surface area contributed by atoms with E-state index in [4.69, 9.17) is 0 Å². The average molecular weight is 245 g/mol. The van der Waals surface area contributed by atoms with E-state index in [0.29, 0.717) is 5.56 Å². The topological polar surface area (TPSA) is 75.5 Å².